The van der Waals surface area contributed by atoms with E-state index in [1.807, 2.05) is 0 Å². The topological polar surface area (TPSA) is 52.6 Å². The molecule has 0 aromatic heterocycles. The van der Waals surface area contributed by atoms with Gasteiger partial charge in [-0.15, -0.1) is 0 Å². The van der Waals surface area contributed by atoms with Gasteiger partial charge in [-0.1, -0.05) is 0 Å². The quantitative estimate of drug-likeness (QED) is 0.673. The highest BCUT2D eigenvalue weighted by molar-refractivity contribution is 7.85. The van der Waals surface area contributed by atoms with Crippen LogP contribution in [-0.4, -0.2) is 22.7 Å². The third-order valence-corrected chi connectivity index (χ3v) is 5.01. The maximum Gasteiger partial charge on any atom is 0.348 e. The van der Waals surface area contributed by atoms with Gasteiger partial charge in [-0.05, 0) is 20.8 Å². The summed E-state index contributed by atoms with van der Waals surface area (Å²) in [7, 11) is -1.95. The first-order chi connectivity index (χ1) is 5.23. The maximum atomic E-state index is 11.8. The van der Waals surface area contributed by atoms with Crippen molar-refractivity contribution >= 4 is 18.7 Å². The first-order valence-corrected chi connectivity index (χ1v) is 6.45. The summed E-state index contributed by atoms with van der Waals surface area (Å²) in [6.45, 7) is 5.14. The van der Waals surface area contributed by atoms with Crippen LogP contribution in [0.4, 0.5) is 0 Å². The summed E-state index contributed by atoms with van der Waals surface area (Å²) in [5, 5.41) is -0.645. The average molecular weight is 214 g/mol. The Kier molecular flexibility index (Phi) is 4.11. The van der Waals surface area contributed by atoms with Crippen molar-refractivity contribution in [3.8, 4) is 0 Å². The molecule has 0 saturated carbocycles. The molecule has 0 heterocycles. The largest absolute Gasteiger partial charge is 0.348 e. The molecule has 0 fully saturated rings. The molecule has 0 bridgehead atoms. The molecule has 0 radical (unpaired) electrons. The molecule has 0 spiro atoms. The van der Waals surface area contributed by atoms with Gasteiger partial charge < -0.3 is 4.52 Å². The molecule has 0 rings (SSSR count). The Labute approximate surface area is 75.8 Å². The maximum absolute atomic E-state index is 11.8. The van der Waals surface area contributed by atoms with E-state index in [0.717, 1.165) is 0 Å². The molecule has 0 amide bonds. The lowest BCUT2D eigenvalue weighted by Gasteiger charge is -2.26. The normalized spacial score (nSPS) is 20.1. The van der Waals surface area contributed by atoms with Crippen molar-refractivity contribution in [2.24, 2.45) is 0 Å². The average Bonchev–Trinajstić information content (AvgIpc) is 1.83. The SMILES string of the molecule is COP(=O)(OS(C)=O)C(C)(C)C. The van der Waals surface area contributed by atoms with E-state index in [1.54, 1.807) is 20.8 Å². The van der Waals surface area contributed by atoms with Crippen LogP contribution in [0.5, 0.6) is 0 Å². The third-order valence-electron chi connectivity index (χ3n) is 1.27. The van der Waals surface area contributed by atoms with Crippen molar-refractivity contribution in [1.29, 1.82) is 0 Å². The van der Waals surface area contributed by atoms with Crippen LogP contribution in [0.25, 0.3) is 0 Å². The Morgan fingerprint density at radius 2 is 1.75 bits per heavy atom. The van der Waals surface area contributed by atoms with Gasteiger partial charge in [0.2, 0.25) is 0 Å². The summed E-state index contributed by atoms with van der Waals surface area (Å²) in [5.41, 5.74) is 0. The van der Waals surface area contributed by atoms with Crippen LogP contribution in [0.15, 0.2) is 0 Å². The molecule has 0 aromatic carbocycles. The standard InChI is InChI=1S/C6H15O4PS/c1-6(2,3)11(7,9-4)10-12(5)8/h1-5H3. The summed E-state index contributed by atoms with van der Waals surface area (Å²) in [6.07, 6.45) is 1.32. The fourth-order valence-corrected chi connectivity index (χ4v) is 3.35. The van der Waals surface area contributed by atoms with Gasteiger partial charge in [0.1, 0.15) is 0 Å². The smallest absolute Gasteiger partial charge is 0.311 e. The number of hydrogen-bond acceptors (Lipinski definition) is 4. The lowest BCUT2D eigenvalue weighted by Crippen LogP contribution is -2.18. The Bertz CT molecular complexity index is 220. The molecule has 74 valence electrons. The van der Waals surface area contributed by atoms with E-state index in [-0.39, 0.29) is 0 Å². The minimum Gasteiger partial charge on any atom is -0.311 e. The molecular formula is C6H15O4PS. The lowest BCUT2D eigenvalue weighted by molar-refractivity contribution is 0.307. The molecule has 4 nitrogen and oxygen atoms in total. The Morgan fingerprint density at radius 1 is 1.33 bits per heavy atom. The minimum absolute atomic E-state index is 0.645. The summed E-state index contributed by atoms with van der Waals surface area (Å²) in [4.78, 5) is 0. The van der Waals surface area contributed by atoms with Gasteiger partial charge in [-0.25, -0.2) is 8.18 Å². The van der Waals surface area contributed by atoms with Crippen LogP contribution in [0.2, 0.25) is 0 Å². The van der Waals surface area contributed by atoms with Crippen LogP contribution in [0.3, 0.4) is 0 Å². The fraction of sp³-hybridized carbons (Fsp3) is 1.00. The highest BCUT2D eigenvalue weighted by Gasteiger charge is 2.40. The highest BCUT2D eigenvalue weighted by atomic mass is 32.2. The molecule has 0 aliphatic carbocycles. The van der Waals surface area contributed by atoms with Crippen LogP contribution in [0, 0.1) is 0 Å². The summed E-state index contributed by atoms with van der Waals surface area (Å²) in [5.74, 6) is 0. The van der Waals surface area contributed by atoms with Crippen molar-refractivity contribution in [3.63, 3.8) is 0 Å². The first-order valence-electron chi connectivity index (χ1n) is 3.42. The van der Waals surface area contributed by atoms with E-state index in [9.17, 15) is 8.77 Å². The first kappa shape index (κ1) is 12.3. The Balaban J connectivity index is 4.70. The molecule has 0 aliphatic rings. The van der Waals surface area contributed by atoms with Gasteiger partial charge in [0.05, 0.1) is 5.16 Å². The molecule has 2 unspecified atom stereocenters. The van der Waals surface area contributed by atoms with Gasteiger partial charge in [0.25, 0.3) is 0 Å². The summed E-state index contributed by atoms with van der Waals surface area (Å²) < 4.78 is 32.0. The lowest BCUT2D eigenvalue weighted by atomic mass is 10.3. The van der Waals surface area contributed by atoms with E-state index in [2.05, 4.69) is 0 Å². The zero-order valence-corrected chi connectivity index (χ0v) is 9.70. The van der Waals surface area contributed by atoms with Crippen molar-refractivity contribution in [3.05, 3.63) is 0 Å². The van der Waals surface area contributed by atoms with Crippen molar-refractivity contribution in [2.75, 3.05) is 13.4 Å². The molecule has 6 heteroatoms. The van der Waals surface area contributed by atoms with Crippen LogP contribution in [0.1, 0.15) is 20.8 Å². The Morgan fingerprint density at radius 3 is 1.83 bits per heavy atom. The summed E-state index contributed by atoms with van der Waals surface area (Å²) >= 11 is -1.57. The van der Waals surface area contributed by atoms with Crippen LogP contribution < -0.4 is 0 Å². The zero-order valence-electron chi connectivity index (χ0n) is 7.99. The molecule has 0 aliphatic heterocycles. The predicted molar refractivity (Wildman–Crippen MR) is 49.5 cm³/mol. The molecular weight excluding hydrogens is 199 g/mol. The number of hydrogen-bond donors (Lipinski definition) is 0. The van der Waals surface area contributed by atoms with Gasteiger partial charge in [0.15, 0.2) is 11.1 Å². The third kappa shape index (κ3) is 2.98. The van der Waals surface area contributed by atoms with Gasteiger partial charge in [-0.2, -0.15) is 0 Å². The van der Waals surface area contributed by atoms with E-state index >= 15 is 0 Å². The zero-order chi connectivity index (χ0) is 9.99. The van der Waals surface area contributed by atoms with Crippen LogP contribution in [-0.2, 0) is 24.1 Å². The van der Waals surface area contributed by atoms with Crippen molar-refractivity contribution < 1.29 is 17.3 Å². The van der Waals surface area contributed by atoms with Crippen LogP contribution >= 0.6 is 7.60 Å². The van der Waals surface area contributed by atoms with E-state index in [0.29, 0.717) is 0 Å². The van der Waals surface area contributed by atoms with E-state index in [4.69, 9.17) is 8.49 Å². The van der Waals surface area contributed by atoms with Crippen molar-refractivity contribution in [1.82, 2.24) is 0 Å². The second kappa shape index (κ2) is 4.01. The Hall–Kier alpha value is 0.300. The highest BCUT2D eigenvalue weighted by Crippen LogP contribution is 2.59. The second-order valence-corrected chi connectivity index (χ2v) is 7.43. The molecule has 0 N–H and O–H groups in total. The van der Waals surface area contributed by atoms with E-state index in [1.165, 1.54) is 13.4 Å². The predicted octanol–water partition coefficient (Wildman–Crippen LogP) is 1.93. The van der Waals surface area contributed by atoms with E-state index < -0.39 is 23.8 Å². The monoisotopic (exact) mass is 214 g/mol. The van der Waals surface area contributed by atoms with Crippen molar-refractivity contribution in [2.45, 2.75) is 25.9 Å². The molecule has 0 aromatic rings. The second-order valence-electron chi connectivity index (χ2n) is 3.33. The molecule has 0 saturated heterocycles. The minimum atomic E-state index is -3.24. The van der Waals surface area contributed by atoms with Gasteiger partial charge in [0, 0.05) is 13.4 Å². The molecule has 12 heavy (non-hydrogen) atoms. The fourth-order valence-electron chi connectivity index (χ4n) is 0.554. The number of rotatable bonds is 3. The molecule has 2 atom stereocenters. The van der Waals surface area contributed by atoms with Gasteiger partial charge >= 0.3 is 7.60 Å². The summed E-state index contributed by atoms with van der Waals surface area (Å²) in [6, 6.07) is 0. The van der Waals surface area contributed by atoms with Gasteiger partial charge in [-0.3, -0.25) is 4.57 Å².